The molecule has 1 amide bonds. The van der Waals surface area contributed by atoms with E-state index in [1.165, 1.54) is 0 Å². The minimum Gasteiger partial charge on any atom is -0.398 e. The highest BCUT2D eigenvalue weighted by Gasteiger charge is 2.26. The lowest BCUT2D eigenvalue weighted by atomic mass is 10.1. The second-order valence-corrected chi connectivity index (χ2v) is 3.35. The maximum absolute atomic E-state index is 12.7. The Kier molecular flexibility index (Phi) is 3.93. The molecule has 17 heavy (non-hydrogen) atoms. The highest BCUT2D eigenvalue weighted by molar-refractivity contribution is 5.99. The molecule has 0 saturated heterocycles. The molecule has 1 aromatic rings. The molecule has 0 aliphatic rings. The normalized spacial score (nSPS) is 11.3. The van der Waals surface area contributed by atoms with E-state index in [9.17, 15) is 22.4 Å². The number of nitrogens with one attached hydrogen (secondary N) is 1. The number of anilines is 1. The number of nitrogens with two attached hydrogens (primary N) is 1. The number of hydrogen-bond acceptors (Lipinski definition) is 2. The summed E-state index contributed by atoms with van der Waals surface area (Å²) in [6.07, 6.45) is -5.46. The van der Waals surface area contributed by atoms with E-state index in [-0.39, 0.29) is 11.3 Å². The number of amides is 1. The molecule has 3 nitrogen and oxygen atoms in total. The smallest absolute Gasteiger partial charge is 0.390 e. The molecule has 7 heteroatoms. The quantitative estimate of drug-likeness (QED) is 0.637. The van der Waals surface area contributed by atoms with Gasteiger partial charge in [-0.25, -0.2) is 4.39 Å². The van der Waals surface area contributed by atoms with Crippen LogP contribution in [-0.2, 0) is 0 Å². The summed E-state index contributed by atoms with van der Waals surface area (Å²) in [6.45, 7) is -0.543. The van der Waals surface area contributed by atoms with Crippen LogP contribution in [0.4, 0.5) is 23.2 Å². The fraction of sp³-hybridized carbons (Fsp3) is 0.300. The predicted octanol–water partition coefficient (Wildman–Crippen LogP) is 2.09. The van der Waals surface area contributed by atoms with Crippen molar-refractivity contribution in [1.82, 2.24) is 5.32 Å². The summed E-state index contributed by atoms with van der Waals surface area (Å²) in [6, 6.07) is 3.06. The van der Waals surface area contributed by atoms with Gasteiger partial charge >= 0.3 is 6.18 Å². The molecule has 0 radical (unpaired) electrons. The molecule has 0 aliphatic heterocycles. The maximum atomic E-state index is 12.7. The van der Waals surface area contributed by atoms with Crippen molar-refractivity contribution in [3.63, 3.8) is 0 Å². The van der Waals surface area contributed by atoms with E-state index in [2.05, 4.69) is 5.32 Å². The average molecular weight is 250 g/mol. The highest BCUT2D eigenvalue weighted by Crippen LogP contribution is 2.18. The second kappa shape index (κ2) is 5.03. The average Bonchev–Trinajstić information content (AvgIpc) is 2.15. The SMILES string of the molecule is Nc1cc(F)ccc1C(=O)NCCC(F)(F)F. The van der Waals surface area contributed by atoms with Crippen LogP contribution in [-0.4, -0.2) is 18.6 Å². The van der Waals surface area contributed by atoms with E-state index < -0.39 is 30.9 Å². The van der Waals surface area contributed by atoms with E-state index in [1.54, 1.807) is 0 Å². The Morgan fingerprint density at radius 1 is 1.35 bits per heavy atom. The van der Waals surface area contributed by atoms with Crippen LogP contribution < -0.4 is 11.1 Å². The molecule has 0 atom stereocenters. The molecule has 3 N–H and O–H groups in total. The molecular weight excluding hydrogens is 240 g/mol. The van der Waals surface area contributed by atoms with Gasteiger partial charge in [-0.15, -0.1) is 0 Å². The van der Waals surface area contributed by atoms with Gasteiger partial charge in [-0.1, -0.05) is 0 Å². The lowest BCUT2D eigenvalue weighted by molar-refractivity contribution is -0.132. The van der Waals surface area contributed by atoms with Gasteiger partial charge in [0.25, 0.3) is 5.91 Å². The summed E-state index contributed by atoms with van der Waals surface area (Å²) >= 11 is 0. The molecule has 0 fully saturated rings. The number of benzene rings is 1. The Labute approximate surface area is 94.6 Å². The van der Waals surface area contributed by atoms with Crippen LogP contribution in [0.2, 0.25) is 0 Å². The standard InChI is InChI=1S/C10H10F4N2O/c11-6-1-2-7(8(15)5-6)9(17)16-4-3-10(12,13)14/h1-2,5H,3-4,15H2,(H,16,17). The van der Waals surface area contributed by atoms with E-state index in [0.29, 0.717) is 0 Å². The number of carbonyl (C=O) groups excluding carboxylic acids is 1. The van der Waals surface area contributed by atoms with Gasteiger partial charge in [0.15, 0.2) is 0 Å². The van der Waals surface area contributed by atoms with Crippen molar-refractivity contribution >= 4 is 11.6 Å². The van der Waals surface area contributed by atoms with Crippen molar-refractivity contribution in [2.75, 3.05) is 12.3 Å². The van der Waals surface area contributed by atoms with Crippen LogP contribution in [0.15, 0.2) is 18.2 Å². The third-order valence-electron chi connectivity index (χ3n) is 1.95. The fourth-order valence-corrected chi connectivity index (χ4v) is 1.15. The minimum atomic E-state index is -4.33. The van der Waals surface area contributed by atoms with Gasteiger partial charge in [-0.05, 0) is 18.2 Å². The van der Waals surface area contributed by atoms with Crippen LogP contribution >= 0.6 is 0 Å². The maximum Gasteiger partial charge on any atom is 0.390 e. The van der Waals surface area contributed by atoms with Crippen LogP contribution in [0.5, 0.6) is 0 Å². The molecular formula is C10H10F4N2O. The Morgan fingerprint density at radius 3 is 2.53 bits per heavy atom. The van der Waals surface area contributed by atoms with Gasteiger partial charge in [-0.2, -0.15) is 13.2 Å². The number of rotatable bonds is 3. The van der Waals surface area contributed by atoms with Gasteiger partial charge in [0.1, 0.15) is 5.82 Å². The number of halogens is 4. The molecule has 1 aromatic carbocycles. The van der Waals surface area contributed by atoms with Crippen LogP contribution in [0, 0.1) is 5.82 Å². The van der Waals surface area contributed by atoms with Crippen molar-refractivity contribution in [1.29, 1.82) is 0 Å². The van der Waals surface area contributed by atoms with E-state index in [0.717, 1.165) is 18.2 Å². The lowest BCUT2D eigenvalue weighted by Gasteiger charge is -2.09. The van der Waals surface area contributed by atoms with E-state index in [4.69, 9.17) is 5.73 Å². The van der Waals surface area contributed by atoms with Crippen molar-refractivity contribution in [2.24, 2.45) is 0 Å². The van der Waals surface area contributed by atoms with Gasteiger partial charge in [-0.3, -0.25) is 4.79 Å². The summed E-state index contributed by atoms with van der Waals surface area (Å²) in [5, 5.41) is 2.05. The Hall–Kier alpha value is -1.79. The molecule has 0 unspecified atom stereocenters. The van der Waals surface area contributed by atoms with Crippen molar-refractivity contribution in [3.05, 3.63) is 29.6 Å². The van der Waals surface area contributed by atoms with Crippen molar-refractivity contribution < 1.29 is 22.4 Å². The summed E-state index contributed by atoms with van der Waals surface area (Å²) in [7, 11) is 0. The summed E-state index contributed by atoms with van der Waals surface area (Å²) in [4.78, 5) is 11.4. The first-order valence-corrected chi connectivity index (χ1v) is 4.69. The summed E-state index contributed by atoms with van der Waals surface area (Å²) in [5.41, 5.74) is 5.19. The molecule has 94 valence electrons. The van der Waals surface area contributed by atoms with Gasteiger partial charge in [0.05, 0.1) is 12.0 Å². The van der Waals surface area contributed by atoms with Crippen LogP contribution in [0.1, 0.15) is 16.8 Å². The first-order chi connectivity index (χ1) is 7.79. The largest absolute Gasteiger partial charge is 0.398 e. The topological polar surface area (TPSA) is 55.1 Å². The Morgan fingerprint density at radius 2 is 2.00 bits per heavy atom. The third kappa shape index (κ3) is 4.29. The number of alkyl halides is 3. The van der Waals surface area contributed by atoms with Gasteiger partial charge in [0, 0.05) is 12.2 Å². The Balaban J connectivity index is 2.59. The van der Waals surface area contributed by atoms with Crippen LogP contribution in [0.25, 0.3) is 0 Å². The number of hydrogen-bond donors (Lipinski definition) is 2. The molecule has 0 spiro atoms. The second-order valence-electron chi connectivity index (χ2n) is 3.35. The molecule has 0 saturated carbocycles. The first-order valence-electron chi connectivity index (χ1n) is 4.69. The fourth-order valence-electron chi connectivity index (χ4n) is 1.15. The monoisotopic (exact) mass is 250 g/mol. The van der Waals surface area contributed by atoms with E-state index in [1.807, 2.05) is 0 Å². The minimum absolute atomic E-state index is 0.0476. The zero-order valence-electron chi connectivity index (χ0n) is 8.64. The van der Waals surface area contributed by atoms with Crippen LogP contribution in [0.3, 0.4) is 0 Å². The summed E-state index contributed by atoms with van der Waals surface area (Å²) in [5.74, 6) is -1.37. The predicted molar refractivity (Wildman–Crippen MR) is 53.8 cm³/mol. The van der Waals surface area contributed by atoms with E-state index >= 15 is 0 Å². The molecule has 1 rings (SSSR count). The molecule has 0 bridgehead atoms. The third-order valence-corrected chi connectivity index (χ3v) is 1.95. The molecule has 0 heterocycles. The molecule has 0 aromatic heterocycles. The zero-order valence-corrected chi connectivity index (χ0v) is 8.64. The zero-order chi connectivity index (χ0) is 13.1. The highest BCUT2D eigenvalue weighted by atomic mass is 19.4. The van der Waals surface area contributed by atoms with Gasteiger partial charge in [0.2, 0.25) is 0 Å². The summed E-state index contributed by atoms with van der Waals surface area (Å²) < 4.78 is 48.1. The Bertz CT molecular complexity index is 417. The van der Waals surface area contributed by atoms with Gasteiger partial charge < -0.3 is 11.1 Å². The molecule has 0 aliphatic carbocycles. The number of carbonyl (C=O) groups is 1. The van der Waals surface area contributed by atoms with Crippen molar-refractivity contribution in [2.45, 2.75) is 12.6 Å². The number of nitrogen functional groups attached to an aromatic ring is 1. The lowest BCUT2D eigenvalue weighted by Crippen LogP contribution is -2.28. The van der Waals surface area contributed by atoms with Crippen molar-refractivity contribution in [3.8, 4) is 0 Å². The first kappa shape index (κ1) is 13.3.